The largest absolute Gasteiger partial charge is 0.369 e. The molecular weight excluding hydrogens is 421 g/mol. The molecule has 2 N–H and O–H groups in total. The van der Waals surface area contributed by atoms with Gasteiger partial charge in [0.2, 0.25) is 5.91 Å². The molecule has 154 valence electrons. The molecule has 0 atom stereocenters. The lowest BCUT2D eigenvalue weighted by Gasteiger charge is -2.30. The van der Waals surface area contributed by atoms with Crippen molar-refractivity contribution in [2.75, 3.05) is 13.1 Å². The lowest BCUT2D eigenvalue weighted by atomic mass is 9.96. The maximum absolute atomic E-state index is 11.5. The monoisotopic (exact) mass is 441 g/mol. The van der Waals surface area contributed by atoms with Crippen molar-refractivity contribution >= 4 is 40.1 Å². The van der Waals surface area contributed by atoms with Crippen molar-refractivity contribution in [3.05, 3.63) is 63.4 Å². The third kappa shape index (κ3) is 4.29. The molecule has 2 heterocycles. The van der Waals surface area contributed by atoms with Gasteiger partial charge in [0.1, 0.15) is 5.82 Å². The van der Waals surface area contributed by atoms with Crippen LogP contribution in [0.3, 0.4) is 0 Å². The van der Waals surface area contributed by atoms with E-state index in [1.165, 1.54) is 0 Å². The molecule has 1 saturated heterocycles. The van der Waals surface area contributed by atoms with Gasteiger partial charge in [-0.25, -0.2) is 4.98 Å². The van der Waals surface area contributed by atoms with Gasteiger partial charge in [-0.15, -0.1) is 0 Å². The number of rotatable bonds is 5. The van der Waals surface area contributed by atoms with Crippen molar-refractivity contribution in [3.8, 4) is 6.07 Å². The zero-order chi connectivity index (χ0) is 21.3. The summed E-state index contributed by atoms with van der Waals surface area (Å²) in [4.78, 5) is 18.6. The molecule has 0 aliphatic carbocycles. The van der Waals surface area contributed by atoms with Crippen LogP contribution in [0.2, 0.25) is 10.0 Å². The molecule has 0 bridgehead atoms. The van der Waals surface area contributed by atoms with Crippen LogP contribution in [0.1, 0.15) is 29.8 Å². The van der Waals surface area contributed by atoms with Crippen LogP contribution >= 0.6 is 23.2 Å². The topological polar surface area (TPSA) is 87.9 Å². The summed E-state index contributed by atoms with van der Waals surface area (Å²) in [6, 6.07) is 13.1. The van der Waals surface area contributed by atoms with E-state index in [9.17, 15) is 10.1 Å². The van der Waals surface area contributed by atoms with E-state index in [0.29, 0.717) is 28.7 Å². The summed E-state index contributed by atoms with van der Waals surface area (Å²) in [7, 11) is 0. The zero-order valence-electron chi connectivity index (χ0n) is 16.3. The third-order valence-corrected chi connectivity index (χ3v) is 6.25. The molecule has 1 aliphatic heterocycles. The van der Waals surface area contributed by atoms with Gasteiger partial charge in [-0.3, -0.25) is 9.69 Å². The lowest BCUT2D eigenvalue weighted by molar-refractivity contribution is -0.123. The molecule has 0 unspecified atom stereocenters. The van der Waals surface area contributed by atoms with E-state index in [2.05, 4.69) is 15.5 Å². The van der Waals surface area contributed by atoms with Crippen LogP contribution in [0.15, 0.2) is 36.4 Å². The molecular formula is C22H21Cl2N5O. The van der Waals surface area contributed by atoms with Gasteiger partial charge in [0.25, 0.3) is 0 Å². The number of benzene rings is 2. The Balaban J connectivity index is 1.68. The number of nitrogens with zero attached hydrogens (tertiary/aromatic N) is 4. The Hall–Kier alpha value is -2.59. The molecule has 1 amide bonds. The molecule has 1 aliphatic rings. The molecule has 1 aromatic heterocycles. The maximum Gasteiger partial charge on any atom is 0.220 e. The van der Waals surface area contributed by atoms with E-state index in [1.807, 2.05) is 18.2 Å². The number of halogens is 2. The van der Waals surface area contributed by atoms with Crippen LogP contribution in [0.4, 0.5) is 0 Å². The Morgan fingerprint density at radius 3 is 2.63 bits per heavy atom. The van der Waals surface area contributed by atoms with Gasteiger partial charge in [-0.1, -0.05) is 23.2 Å². The number of fused-ring (bicyclic) bond motifs is 1. The molecule has 6 nitrogen and oxygen atoms in total. The van der Waals surface area contributed by atoms with Crippen LogP contribution in [0.5, 0.6) is 0 Å². The van der Waals surface area contributed by atoms with Crippen LogP contribution < -0.4 is 5.73 Å². The van der Waals surface area contributed by atoms with E-state index in [-0.39, 0.29) is 11.8 Å². The van der Waals surface area contributed by atoms with Gasteiger partial charge in [0, 0.05) is 16.0 Å². The van der Waals surface area contributed by atoms with Gasteiger partial charge >= 0.3 is 0 Å². The highest BCUT2D eigenvalue weighted by molar-refractivity contribution is 6.33. The fourth-order valence-corrected chi connectivity index (χ4v) is 4.32. The number of nitrogens with two attached hydrogens (primary N) is 1. The Morgan fingerprint density at radius 1 is 1.17 bits per heavy atom. The first-order valence-corrected chi connectivity index (χ1v) is 10.5. The first-order valence-electron chi connectivity index (χ1n) is 9.79. The number of likely N-dealkylation sites (tertiary alicyclic amines) is 1. The number of aromatic nitrogens is 2. The van der Waals surface area contributed by atoms with Gasteiger partial charge in [0.15, 0.2) is 0 Å². The summed E-state index contributed by atoms with van der Waals surface area (Å²) in [6.07, 6.45) is 1.52. The molecule has 0 radical (unpaired) electrons. The number of hydrogen-bond acceptors (Lipinski definition) is 4. The Kier molecular flexibility index (Phi) is 5.96. The van der Waals surface area contributed by atoms with Crippen molar-refractivity contribution in [1.82, 2.24) is 14.5 Å². The minimum absolute atomic E-state index is 0.0523. The Morgan fingerprint density at radius 2 is 1.93 bits per heavy atom. The predicted molar refractivity (Wildman–Crippen MR) is 117 cm³/mol. The van der Waals surface area contributed by atoms with Crippen LogP contribution in [-0.2, 0) is 17.9 Å². The van der Waals surface area contributed by atoms with Gasteiger partial charge < -0.3 is 10.3 Å². The number of carbonyl (C=O) groups excluding carboxylic acids is 1. The minimum atomic E-state index is -0.221. The number of primary amides is 1. The highest BCUT2D eigenvalue weighted by Crippen LogP contribution is 2.26. The summed E-state index contributed by atoms with van der Waals surface area (Å²) in [5.74, 6) is 0.610. The number of carbonyl (C=O) groups is 1. The van der Waals surface area contributed by atoms with E-state index in [1.54, 1.807) is 18.2 Å². The van der Waals surface area contributed by atoms with Crippen molar-refractivity contribution in [2.24, 2.45) is 11.7 Å². The second-order valence-electron chi connectivity index (χ2n) is 7.62. The molecule has 0 saturated carbocycles. The zero-order valence-corrected chi connectivity index (χ0v) is 17.8. The summed E-state index contributed by atoms with van der Waals surface area (Å²) in [5, 5.41) is 10.6. The highest BCUT2D eigenvalue weighted by Gasteiger charge is 2.24. The lowest BCUT2D eigenvalue weighted by Crippen LogP contribution is -2.38. The summed E-state index contributed by atoms with van der Waals surface area (Å²) in [5.41, 5.74) is 8.63. The average molecular weight is 442 g/mol. The smallest absolute Gasteiger partial charge is 0.220 e. The quantitative estimate of drug-likeness (QED) is 0.648. The SMILES string of the molecule is N#Cc1ccc2nc(CN3CCC(C(N)=O)CC3)n(Cc3cc(Cl)ccc3Cl)c2c1. The predicted octanol–water partition coefficient (Wildman–Crippen LogP) is 3.96. The Bertz CT molecular complexity index is 1140. The molecule has 4 rings (SSSR count). The number of amides is 1. The molecule has 2 aromatic carbocycles. The number of nitriles is 1. The van der Waals surface area contributed by atoms with E-state index >= 15 is 0 Å². The second kappa shape index (κ2) is 8.65. The van der Waals surface area contributed by atoms with Crippen molar-refractivity contribution in [2.45, 2.75) is 25.9 Å². The van der Waals surface area contributed by atoms with Crippen molar-refractivity contribution < 1.29 is 4.79 Å². The Labute approximate surface area is 184 Å². The average Bonchev–Trinajstić information content (AvgIpc) is 3.07. The summed E-state index contributed by atoms with van der Waals surface area (Å²) in [6.45, 7) is 2.72. The van der Waals surface area contributed by atoms with Crippen molar-refractivity contribution in [1.29, 1.82) is 5.26 Å². The van der Waals surface area contributed by atoms with Gasteiger partial charge in [0.05, 0.1) is 35.8 Å². The number of hydrogen-bond donors (Lipinski definition) is 1. The molecule has 8 heteroatoms. The van der Waals surface area contributed by atoms with E-state index in [0.717, 1.165) is 48.4 Å². The molecule has 1 fully saturated rings. The first-order chi connectivity index (χ1) is 14.4. The highest BCUT2D eigenvalue weighted by atomic mass is 35.5. The maximum atomic E-state index is 11.5. The van der Waals surface area contributed by atoms with Crippen LogP contribution in [-0.4, -0.2) is 33.4 Å². The second-order valence-corrected chi connectivity index (χ2v) is 8.46. The third-order valence-electron chi connectivity index (χ3n) is 5.65. The first kappa shape index (κ1) is 20.7. The van der Waals surface area contributed by atoms with Crippen molar-refractivity contribution in [3.63, 3.8) is 0 Å². The summed E-state index contributed by atoms with van der Waals surface area (Å²) >= 11 is 12.6. The molecule has 30 heavy (non-hydrogen) atoms. The van der Waals surface area contributed by atoms with Crippen LogP contribution in [0.25, 0.3) is 11.0 Å². The summed E-state index contributed by atoms with van der Waals surface area (Å²) < 4.78 is 2.09. The van der Waals surface area contributed by atoms with Gasteiger partial charge in [-0.05, 0) is 67.9 Å². The fraction of sp³-hybridized carbons (Fsp3) is 0.318. The van der Waals surface area contributed by atoms with E-state index < -0.39 is 0 Å². The minimum Gasteiger partial charge on any atom is -0.369 e. The number of imidazole rings is 1. The van der Waals surface area contributed by atoms with Gasteiger partial charge in [-0.2, -0.15) is 5.26 Å². The molecule has 3 aromatic rings. The standard InChI is InChI=1S/C22H21Cl2N5O/c23-17-2-3-18(24)16(10-17)12-29-20-9-14(11-25)1-4-19(20)27-21(29)13-28-7-5-15(6-8-28)22(26)30/h1-4,9-10,15H,5-8,12-13H2,(H2,26,30). The van der Waals surface area contributed by atoms with Crippen LogP contribution in [0, 0.1) is 17.2 Å². The molecule has 0 spiro atoms. The van der Waals surface area contributed by atoms with E-state index in [4.69, 9.17) is 33.9 Å². The number of piperidine rings is 1. The normalized spacial score (nSPS) is 15.4. The fourth-order valence-electron chi connectivity index (χ4n) is 3.95.